The molecule has 4 aromatic rings. The van der Waals surface area contributed by atoms with E-state index in [1.54, 1.807) is 42.3 Å². The largest absolute Gasteiger partial charge is 0.497 e. The van der Waals surface area contributed by atoms with Crippen molar-refractivity contribution in [3.05, 3.63) is 84.2 Å². The molecule has 1 aromatic heterocycles. The van der Waals surface area contributed by atoms with Crippen LogP contribution in [0.25, 0.3) is 10.8 Å². The van der Waals surface area contributed by atoms with E-state index in [1.165, 1.54) is 0 Å². The molecule has 0 bridgehead atoms. The lowest BCUT2D eigenvalue weighted by Gasteiger charge is -2.13. The molecule has 0 spiro atoms. The number of amides is 1. The molecule has 32 heavy (non-hydrogen) atoms. The molecular weight excluding hydrogens is 408 g/mol. The quantitative estimate of drug-likeness (QED) is 0.422. The molecule has 1 heterocycles. The number of fused-ring (bicyclic) bond motifs is 1. The van der Waals surface area contributed by atoms with E-state index in [2.05, 4.69) is 33.8 Å². The molecule has 0 aliphatic heterocycles. The average Bonchev–Trinajstić information content (AvgIpc) is 3.30. The molecule has 4 rings (SSSR count). The Hall–Kier alpha value is -3.91. The lowest BCUT2D eigenvalue weighted by molar-refractivity contribution is 0.0839. The van der Waals surface area contributed by atoms with Crippen LogP contribution >= 0.6 is 0 Å². The first-order valence-corrected chi connectivity index (χ1v) is 10.2. The number of aliphatic hydroxyl groups is 1. The number of hydrogen-bond acceptors (Lipinski definition) is 6. The number of nitrogens with one attached hydrogen (secondary N) is 1. The van der Waals surface area contributed by atoms with Gasteiger partial charge in [-0.1, -0.05) is 53.7 Å². The van der Waals surface area contributed by atoms with Crippen LogP contribution in [0.2, 0.25) is 0 Å². The minimum Gasteiger partial charge on any atom is -0.497 e. The summed E-state index contributed by atoms with van der Waals surface area (Å²) in [7, 11) is 1.57. The van der Waals surface area contributed by atoms with Crippen molar-refractivity contribution < 1.29 is 19.4 Å². The summed E-state index contributed by atoms with van der Waals surface area (Å²) < 4.78 is 12.3. The summed E-state index contributed by atoms with van der Waals surface area (Å²) in [4.78, 5) is 12.4. The van der Waals surface area contributed by atoms with Gasteiger partial charge in [-0.2, -0.15) is 0 Å². The first-order valence-electron chi connectivity index (χ1n) is 10.2. The van der Waals surface area contributed by atoms with Crippen LogP contribution in [0.1, 0.15) is 16.1 Å². The maximum absolute atomic E-state index is 12.4. The highest BCUT2D eigenvalue weighted by atomic mass is 16.5. The summed E-state index contributed by atoms with van der Waals surface area (Å²) in [5.74, 6) is 0.831. The molecule has 0 radical (unpaired) electrons. The molecule has 2 N–H and O–H groups in total. The SMILES string of the molecule is COc1cccc(OCC(O)CNC(=O)c2cn(Cc3cccc4ccccc34)nn2)c1. The zero-order chi connectivity index (χ0) is 22.3. The fraction of sp³-hybridized carbons (Fsp3) is 0.208. The van der Waals surface area contributed by atoms with Crippen molar-refractivity contribution in [1.29, 1.82) is 0 Å². The fourth-order valence-electron chi connectivity index (χ4n) is 3.33. The second kappa shape index (κ2) is 9.93. The highest BCUT2D eigenvalue weighted by Crippen LogP contribution is 2.20. The highest BCUT2D eigenvalue weighted by molar-refractivity contribution is 5.91. The first-order chi connectivity index (χ1) is 15.6. The lowest BCUT2D eigenvalue weighted by atomic mass is 10.0. The zero-order valence-corrected chi connectivity index (χ0v) is 17.6. The number of aromatic nitrogens is 3. The van der Waals surface area contributed by atoms with Crippen LogP contribution in [0.3, 0.4) is 0 Å². The number of nitrogens with zero attached hydrogens (tertiary/aromatic N) is 3. The van der Waals surface area contributed by atoms with E-state index in [9.17, 15) is 9.90 Å². The van der Waals surface area contributed by atoms with Crippen LogP contribution in [0, 0.1) is 0 Å². The normalized spacial score (nSPS) is 11.8. The van der Waals surface area contributed by atoms with E-state index in [0.717, 1.165) is 16.3 Å². The molecule has 1 atom stereocenters. The third-order valence-corrected chi connectivity index (χ3v) is 4.97. The fourth-order valence-corrected chi connectivity index (χ4v) is 3.33. The van der Waals surface area contributed by atoms with Gasteiger partial charge >= 0.3 is 0 Å². The standard InChI is InChI=1S/C24H24N4O4/c1-31-20-9-5-10-21(12-20)32-16-19(29)13-25-24(30)23-15-28(27-26-23)14-18-8-4-7-17-6-2-3-11-22(17)18/h2-12,15,19,29H,13-14,16H2,1H3,(H,25,30). The Balaban J connectivity index is 1.29. The van der Waals surface area contributed by atoms with Gasteiger partial charge in [0.1, 0.15) is 24.2 Å². The summed E-state index contributed by atoms with van der Waals surface area (Å²) in [6.07, 6.45) is 0.715. The maximum atomic E-state index is 12.4. The molecular formula is C24H24N4O4. The number of hydrogen-bond donors (Lipinski definition) is 2. The molecule has 8 nitrogen and oxygen atoms in total. The van der Waals surface area contributed by atoms with Crippen LogP contribution in [-0.2, 0) is 6.54 Å². The summed E-state index contributed by atoms with van der Waals surface area (Å²) in [5, 5.41) is 23.1. The van der Waals surface area contributed by atoms with Gasteiger partial charge in [-0.05, 0) is 28.5 Å². The van der Waals surface area contributed by atoms with Gasteiger partial charge in [0.05, 0.1) is 19.9 Å². The number of carbonyl (C=O) groups is 1. The molecule has 0 aliphatic carbocycles. The Bertz CT molecular complexity index is 1200. The van der Waals surface area contributed by atoms with Crippen LogP contribution < -0.4 is 14.8 Å². The Morgan fingerprint density at radius 3 is 2.75 bits per heavy atom. The second-order valence-corrected chi connectivity index (χ2v) is 7.29. The molecule has 1 unspecified atom stereocenters. The Labute approximate surface area is 185 Å². The Morgan fingerprint density at radius 1 is 1.09 bits per heavy atom. The molecule has 1 amide bonds. The van der Waals surface area contributed by atoms with Gasteiger partial charge in [0.15, 0.2) is 5.69 Å². The van der Waals surface area contributed by atoms with Crippen molar-refractivity contribution >= 4 is 16.7 Å². The maximum Gasteiger partial charge on any atom is 0.273 e. The highest BCUT2D eigenvalue weighted by Gasteiger charge is 2.14. The van der Waals surface area contributed by atoms with Crippen molar-refractivity contribution in [2.24, 2.45) is 0 Å². The third kappa shape index (κ3) is 5.22. The van der Waals surface area contributed by atoms with Gasteiger partial charge in [-0.15, -0.1) is 5.10 Å². The molecule has 0 fully saturated rings. The van der Waals surface area contributed by atoms with Crippen molar-refractivity contribution in [2.75, 3.05) is 20.3 Å². The smallest absolute Gasteiger partial charge is 0.273 e. The van der Waals surface area contributed by atoms with E-state index in [4.69, 9.17) is 9.47 Å². The van der Waals surface area contributed by atoms with Gasteiger partial charge in [-0.3, -0.25) is 4.79 Å². The Morgan fingerprint density at radius 2 is 1.88 bits per heavy atom. The number of rotatable bonds is 9. The van der Waals surface area contributed by atoms with Crippen LogP contribution in [0.4, 0.5) is 0 Å². The van der Waals surface area contributed by atoms with Crippen LogP contribution in [0.15, 0.2) is 72.9 Å². The van der Waals surface area contributed by atoms with Gasteiger partial charge in [0.2, 0.25) is 0 Å². The number of ether oxygens (including phenoxy) is 2. The molecule has 0 saturated carbocycles. The lowest BCUT2D eigenvalue weighted by Crippen LogP contribution is -2.35. The second-order valence-electron chi connectivity index (χ2n) is 7.29. The minimum atomic E-state index is -0.879. The molecule has 0 saturated heterocycles. The van der Waals surface area contributed by atoms with E-state index in [0.29, 0.717) is 18.0 Å². The van der Waals surface area contributed by atoms with E-state index >= 15 is 0 Å². The summed E-state index contributed by atoms with van der Waals surface area (Å²) in [6, 6.07) is 21.3. The van der Waals surface area contributed by atoms with Crippen LogP contribution in [0.5, 0.6) is 11.5 Å². The predicted octanol–water partition coefficient (Wildman–Crippen LogP) is 2.66. The summed E-state index contributed by atoms with van der Waals surface area (Å²) in [5.41, 5.74) is 1.27. The van der Waals surface area contributed by atoms with Crippen molar-refractivity contribution in [3.63, 3.8) is 0 Å². The molecule has 0 aliphatic rings. The van der Waals surface area contributed by atoms with Crippen LogP contribution in [-0.4, -0.2) is 52.4 Å². The van der Waals surface area contributed by atoms with Crippen molar-refractivity contribution in [1.82, 2.24) is 20.3 Å². The van der Waals surface area contributed by atoms with Gasteiger partial charge in [-0.25, -0.2) is 4.68 Å². The number of methoxy groups -OCH3 is 1. The van der Waals surface area contributed by atoms with Gasteiger partial charge in [0, 0.05) is 12.6 Å². The van der Waals surface area contributed by atoms with Gasteiger partial charge in [0.25, 0.3) is 5.91 Å². The van der Waals surface area contributed by atoms with E-state index < -0.39 is 12.0 Å². The first kappa shape index (κ1) is 21.3. The van der Waals surface area contributed by atoms with E-state index in [1.807, 2.05) is 24.3 Å². The molecule has 3 aromatic carbocycles. The topological polar surface area (TPSA) is 98.5 Å². The number of benzene rings is 3. The average molecular weight is 432 g/mol. The van der Waals surface area contributed by atoms with E-state index in [-0.39, 0.29) is 18.8 Å². The predicted molar refractivity (Wildman–Crippen MR) is 120 cm³/mol. The molecule has 164 valence electrons. The number of aliphatic hydroxyl groups excluding tert-OH is 1. The zero-order valence-electron chi connectivity index (χ0n) is 17.6. The van der Waals surface area contributed by atoms with Crippen molar-refractivity contribution in [3.8, 4) is 11.5 Å². The number of carbonyl (C=O) groups excluding carboxylic acids is 1. The third-order valence-electron chi connectivity index (χ3n) is 4.97. The Kier molecular flexibility index (Phi) is 6.62. The summed E-state index contributed by atoms with van der Waals surface area (Å²) >= 11 is 0. The van der Waals surface area contributed by atoms with Crippen molar-refractivity contribution in [2.45, 2.75) is 12.6 Å². The monoisotopic (exact) mass is 432 g/mol. The van der Waals surface area contributed by atoms with Gasteiger partial charge < -0.3 is 19.9 Å². The molecule has 8 heteroatoms. The summed E-state index contributed by atoms with van der Waals surface area (Å²) in [6.45, 7) is 0.554. The minimum absolute atomic E-state index is 0.0268.